The molecule has 0 atom stereocenters. The third-order valence-electron chi connectivity index (χ3n) is 2.37. The smallest absolute Gasteiger partial charge is 0.287 e. The Morgan fingerprint density at radius 2 is 2.11 bits per heavy atom. The van der Waals surface area contributed by atoms with E-state index >= 15 is 0 Å². The molecule has 92 valence electrons. The van der Waals surface area contributed by atoms with Crippen LogP contribution in [0.25, 0.3) is 0 Å². The maximum atomic E-state index is 10.4. The van der Waals surface area contributed by atoms with Gasteiger partial charge >= 0.3 is 0 Å². The van der Waals surface area contributed by atoms with Crippen LogP contribution in [0, 0.1) is 10.1 Å². The van der Waals surface area contributed by atoms with Crippen LogP contribution in [0.3, 0.4) is 0 Å². The van der Waals surface area contributed by atoms with Crippen LogP contribution in [0.15, 0.2) is 42.7 Å². The molecule has 1 N–H and O–H groups in total. The number of anilines is 1. The van der Waals surface area contributed by atoms with E-state index in [9.17, 15) is 10.1 Å². The molecule has 2 aromatic rings. The second-order valence-electron chi connectivity index (χ2n) is 3.66. The summed E-state index contributed by atoms with van der Waals surface area (Å²) < 4.78 is 0. The van der Waals surface area contributed by atoms with E-state index in [0.29, 0.717) is 12.4 Å². The molecule has 6 nitrogen and oxygen atoms in total. The zero-order valence-electron chi connectivity index (χ0n) is 9.61. The van der Waals surface area contributed by atoms with Crippen molar-refractivity contribution in [1.82, 2.24) is 9.97 Å². The van der Waals surface area contributed by atoms with E-state index in [1.165, 1.54) is 12.3 Å². The average Bonchev–Trinajstić information content (AvgIpc) is 2.40. The fourth-order valence-electron chi connectivity index (χ4n) is 1.46. The van der Waals surface area contributed by atoms with Crippen molar-refractivity contribution in [1.29, 1.82) is 0 Å². The zero-order valence-corrected chi connectivity index (χ0v) is 9.61. The van der Waals surface area contributed by atoms with Crippen molar-refractivity contribution < 1.29 is 4.92 Å². The molecular weight excluding hydrogens is 232 g/mol. The Labute approximate surface area is 104 Å². The number of hydrogen-bond acceptors (Lipinski definition) is 5. The van der Waals surface area contributed by atoms with E-state index in [2.05, 4.69) is 15.3 Å². The molecule has 0 aliphatic carbocycles. The van der Waals surface area contributed by atoms with Gasteiger partial charge in [-0.1, -0.05) is 6.07 Å². The second-order valence-corrected chi connectivity index (χ2v) is 3.66. The van der Waals surface area contributed by atoms with Crippen LogP contribution in [0.4, 0.5) is 11.5 Å². The number of nitrogens with zero attached hydrogens (tertiary/aromatic N) is 3. The van der Waals surface area contributed by atoms with E-state index in [4.69, 9.17) is 0 Å². The lowest BCUT2D eigenvalue weighted by Crippen LogP contribution is -2.07. The van der Waals surface area contributed by atoms with Crippen molar-refractivity contribution in [3.63, 3.8) is 0 Å². The van der Waals surface area contributed by atoms with Gasteiger partial charge in [0.05, 0.1) is 4.92 Å². The summed E-state index contributed by atoms with van der Waals surface area (Å²) in [7, 11) is 0. The largest absolute Gasteiger partial charge is 0.370 e. The maximum absolute atomic E-state index is 10.4. The molecule has 0 aliphatic heterocycles. The van der Waals surface area contributed by atoms with Gasteiger partial charge in [-0.25, -0.2) is 4.98 Å². The van der Waals surface area contributed by atoms with E-state index in [1.807, 2.05) is 18.2 Å². The Morgan fingerprint density at radius 3 is 2.72 bits per heavy atom. The highest BCUT2D eigenvalue weighted by Crippen LogP contribution is 2.11. The average molecular weight is 244 g/mol. The van der Waals surface area contributed by atoms with Crippen molar-refractivity contribution in [3.8, 4) is 0 Å². The van der Waals surface area contributed by atoms with Gasteiger partial charge in [-0.15, -0.1) is 0 Å². The first-order valence-corrected chi connectivity index (χ1v) is 5.50. The molecule has 0 aromatic carbocycles. The van der Waals surface area contributed by atoms with Crippen molar-refractivity contribution in [2.45, 2.75) is 6.42 Å². The highest BCUT2D eigenvalue weighted by Gasteiger charge is 2.04. The van der Waals surface area contributed by atoms with Crippen molar-refractivity contribution in [3.05, 3.63) is 58.5 Å². The topological polar surface area (TPSA) is 81.0 Å². The Hall–Kier alpha value is -2.50. The monoisotopic (exact) mass is 244 g/mol. The Bertz CT molecular complexity index is 513. The SMILES string of the molecule is O=[N+]([O-])c1ccc(NCCc2ccccn2)nc1. The first kappa shape index (κ1) is 12.0. The Morgan fingerprint density at radius 1 is 1.22 bits per heavy atom. The van der Waals surface area contributed by atoms with Crippen LogP contribution in [0.5, 0.6) is 0 Å². The van der Waals surface area contributed by atoms with Gasteiger partial charge in [0.25, 0.3) is 5.69 Å². The molecule has 0 fully saturated rings. The van der Waals surface area contributed by atoms with Crippen LogP contribution >= 0.6 is 0 Å². The minimum atomic E-state index is -0.468. The van der Waals surface area contributed by atoms with Crippen LogP contribution in [0.1, 0.15) is 5.69 Å². The summed E-state index contributed by atoms with van der Waals surface area (Å²) in [4.78, 5) is 18.1. The molecule has 0 radical (unpaired) electrons. The van der Waals surface area contributed by atoms with E-state index in [1.54, 1.807) is 12.3 Å². The van der Waals surface area contributed by atoms with Gasteiger partial charge in [0.15, 0.2) is 0 Å². The highest BCUT2D eigenvalue weighted by atomic mass is 16.6. The predicted molar refractivity (Wildman–Crippen MR) is 67.3 cm³/mol. The van der Waals surface area contributed by atoms with Crippen LogP contribution in [-0.2, 0) is 6.42 Å². The predicted octanol–water partition coefficient (Wildman–Crippen LogP) is 2.04. The normalized spacial score (nSPS) is 10.0. The molecule has 0 saturated heterocycles. The lowest BCUT2D eigenvalue weighted by molar-refractivity contribution is -0.385. The number of hydrogen-bond donors (Lipinski definition) is 1. The van der Waals surface area contributed by atoms with E-state index in [0.717, 1.165) is 12.1 Å². The fourth-order valence-corrected chi connectivity index (χ4v) is 1.46. The van der Waals surface area contributed by atoms with Gasteiger partial charge in [0, 0.05) is 30.9 Å². The molecule has 6 heteroatoms. The van der Waals surface area contributed by atoms with Gasteiger partial charge in [-0.3, -0.25) is 15.1 Å². The fraction of sp³-hybridized carbons (Fsp3) is 0.167. The number of aromatic nitrogens is 2. The summed E-state index contributed by atoms with van der Waals surface area (Å²) >= 11 is 0. The maximum Gasteiger partial charge on any atom is 0.287 e. The van der Waals surface area contributed by atoms with Crippen molar-refractivity contribution >= 4 is 11.5 Å². The molecule has 18 heavy (non-hydrogen) atoms. The van der Waals surface area contributed by atoms with E-state index < -0.39 is 4.92 Å². The van der Waals surface area contributed by atoms with Gasteiger partial charge in [-0.05, 0) is 18.2 Å². The van der Waals surface area contributed by atoms with Gasteiger partial charge < -0.3 is 5.32 Å². The van der Waals surface area contributed by atoms with Crippen molar-refractivity contribution in [2.75, 3.05) is 11.9 Å². The summed E-state index contributed by atoms with van der Waals surface area (Å²) in [6.07, 6.45) is 3.77. The molecule has 2 aromatic heterocycles. The molecule has 2 heterocycles. The van der Waals surface area contributed by atoms with Crippen LogP contribution < -0.4 is 5.32 Å². The molecule has 0 bridgehead atoms. The molecule has 0 unspecified atom stereocenters. The third kappa shape index (κ3) is 3.24. The summed E-state index contributed by atoms with van der Waals surface area (Å²) in [5, 5.41) is 13.5. The molecular formula is C12H12N4O2. The molecule has 0 aliphatic rings. The second kappa shape index (κ2) is 5.72. The summed E-state index contributed by atoms with van der Waals surface area (Å²) in [5.41, 5.74) is 0.984. The first-order chi connectivity index (χ1) is 8.75. The molecule has 2 rings (SSSR count). The zero-order chi connectivity index (χ0) is 12.8. The minimum Gasteiger partial charge on any atom is -0.370 e. The number of pyridine rings is 2. The summed E-state index contributed by atoms with van der Waals surface area (Å²) in [6, 6.07) is 8.78. The number of nitro groups is 1. The van der Waals surface area contributed by atoms with Crippen LogP contribution in [0.2, 0.25) is 0 Å². The van der Waals surface area contributed by atoms with Gasteiger partial charge in [-0.2, -0.15) is 0 Å². The molecule has 0 spiro atoms. The van der Waals surface area contributed by atoms with E-state index in [-0.39, 0.29) is 5.69 Å². The Balaban J connectivity index is 1.85. The summed E-state index contributed by atoms with van der Waals surface area (Å²) in [6.45, 7) is 0.682. The highest BCUT2D eigenvalue weighted by molar-refractivity contribution is 5.40. The van der Waals surface area contributed by atoms with Crippen molar-refractivity contribution in [2.24, 2.45) is 0 Å². The lowest BCUT2D eigenvalue weighted by Gasteiger charge is -2.04. The third-order valence-corrected chi connectivity index (χ3v) is 2.37. The molecule has 0 amide bonds. The van der Waals surface area contributed by atoms with Gasteiger partial charge in [0.2, 0.25) is 0 Å². The quantitative estimate of drug-likeness (QED) is 0.643. The Kier molecular flexibility index (Phi) is 3.80. The van der Waals surface area contributed by atoms with Crippen LogP contribution in [-0.4, -0.2) is 21.4 Å². The van der Waals surface area contributed by atoms with Gasteiger partial charge in [0.1, 0.15) is 12.0 Å². The lowest BCUT2D eigenvalue weighted by atomic mass is 10.3. The molecule has 0 saturated carbocycles. The standard InChI is InChI=1S/C12H12N4O2/c17-16(18)11-4-5-12(15-9-11)14-8-6-10-3-1-2-7-13-10/h1-5,7,9H,6,8H2,(H,14,15). The summed E-state index contributed by atoms with van der Waals surface area (Å²) in [5.74, 6) is 0.622. The minimum absolute atomic E-state index is 0.00900. The number of rotatable bonds is 5. The first-order valence-electron chi connectivity index (χ1n) is 5.50. The number of nitrogens with one attached hydrogen (secondary N) is 1.